The molecule has 0 aliphatic rings. The van der Waals surface area contributed by atoms with Gasteiger partial charge in [-0.1, -0.05) is 45.4 Å². The maximum atomic E-state index is 11.7. The molecule has 0 heterocycles. The first-order valence-electron chi connectivity index (χ1n) is 8.68. The van der Waals surface area contributed by atoms with Crippen LogP contribution in [-0.2, 0) is 4.79 Å². The number of nitrogens with zero attached hydrogens (tertiary/aromatic N) is 1. The predicted octanol–water partition coefficient (Wildman–Crippen LogP) is 3.73. The Morgan fingerprint density at radius 2 is 1.45 bits per heavy atom. The largest absolute Gasteiger partial charge is 0.350 e. The lowest BCUT2D eigenvalue weighted by molar-refractivity contribution is -0.904. The van der Waals surface area contributed by atoms with E-state index in [1.807, 2.05) is 0 Å². The number of hydrogen-bond acceptors (Lipinski definition) is 1. The summed E-state index contributed by atoms with van der Waals surface area (Å²) in [5.74, 6) is 0.234. The first-order chi connectivity index (χ1) is 9.58. The van der Waals surface area contributed by atoms with Crippen molar-refractivity contribution in [3.63, 3.8) is 0 Å². The second kappa shape index (κ2) is 12.2. The molecule has 0 bridgehead atoms. The number of nitrogens with one attached hydrogen (secondary N) is 1. The van der Waals surface area contributed by atoms with Gasteiger partial charge in [0.15, 0.2) is 0 Å². The maximum Gasteiger partial charge on any atom is 0.220 e. The Bertz CT molecular complexity index is 237. The third-order valence-corrected chi connectivity index (χ3v) is 4.51. The Hall–Kier alpha value is -0.570. The van der Waals surface area contributed by atoms with Gasteiger partial charge in [0.05, 0.1) is 33.2 Å². The van der Waals surface area contributed by atoms with Crippen LogP contribution >= 0.6 is 0 Å². The maximum absolute atomic E-state index is 11.7. The van der Waals surface area contributed by atoms with Gasteiger partial charge in [-0.15, -0.1) is 0 Å². The van der Waals surface area contributed by atoms with Crippen molar-refractivity contribution in [1.82, 2.24) is 5.32 Å². The van der Waals surface area contributed by atoms with Gasteiger partial charge in [0.25, 0.3) is 0 Å². The normalized spacial score (nSPS) is 11.6. The number of amides is 1. The van der Waals surface area contributed by atoms with Crippen LogP contribution in [0, 0.1) is 0 Å². The Morgan fingerprint density at radius 1 is 0.900 bits per heavy atom. The van der Waals surface area contributed by atoms with Gasteiger partial charge in [0, 0.05) is 6.42 Å². The summed E-state index contributed by atoms with van der Waals surface area (Å²) in [6.45, 7) is 10.8. The van der Waals surface area contributed by atoms with Crippen molar-refractivity contribution < 1.29 is 9.28 Å². The van der Waals surface area contributed by atoms with Gasteiger partial charge in [-0.2, -0.15) is 0 Å². The number of carbonyl (C=O) groups excluding carboxylic acids is 1. The van der Waals surface area contributed by atoms with E-state index < -0.39 is 0 Å². The molecule has 1 N–H and O–H groups in total. The molecule has 0 radical (unpaired) electrons. The van der Waals surface area contributed by atoms with Crippen molar-refractivity contribution in [1.29, 1.82) is 0 Å². The van der Waals surface area contributed by atoms with Crippen LogP contribution in [0.1, 0.15) is 72.1 Å². The summed E-state index contributed by atoms with van der Waals surface area (Å²) >= 11 is 0. The number of carbonyl (C=O) groups is 1. The number of likely N-dealkylation sites (N-methyl/N-ethyl adjacent to an activating group) is 1. The van der Waals surface area contributed by atoms with Gasteiger partial charge in [-0.3, -0.25) is 4.79 Å². The van der Waals surface area contributed by atoms with Crippen LogP contribution in [0.2, 0.25) is 0 Å². The summed E-state index contributed by atoms with van der Waals surface area (Å²) in [6, 6.07) is 0. The van der Waals surface area contributed by atoms with Crippen molar-refractivity contribution in [3.05, 3.63) is 0 Å². The molecular formula is C17H37N2O+. The van der Waals surface area contributed by atoms with E-state index in [1.165, 1.54) is 38.5 Å². The SMILES string of the molecule is CCCCCCCCCC(=O)NCC[N+](C)(CC)CC. The molecule has 0 aliphatic heterocycles. The summed E-state index contributed by atoms with van der Waals surface area (Å²) in [6.07, 6.45) is 9.58. The topological polar surface area (TPSA) is 29.1 Å². The van der Waals surface area contributed by atoms with Crippen molar-refractivity contribution in [2.45, 2.75) is 72.1 Å². The Morgan fingerprint density at radius 3 is 2.00 bits per heavy atom. The Balaban J connectivity index is 3.46. The standard InChI is InChI=1S/C17H36N2O/c1-5-8-9-10-11-12-13-14-17(20)18-15-16-19(4,6-2)7-3/h5-16H2,1-4H3/p+1. The average molecular weight is 285 g/mol. The fourth-order valence-corrected chi connectivity index (χ4v) is 2.34. The van der Waals surface area contributed by atoms with Crippen molar-refractivity contribution in [3.8, 4) is 0 Å². The van der Waals surface area contributed by atoms with E-state index in [0.29, 0.717) is 6.42 Å². The number of unbranched alkanes of at least 4 members (excludes halogenated alkanes) is 6. The molecule has 0 saturated heterocycles. The summed E-state index contributed by atoms with van der Waals surface area (Å²) in [5, 5.41) is 3.06. The van der Waals surface area contributed by atoms with Crippen molar-refractivity contribution in [2.75, 3.05) is 33.2 Å². The minimum atomic E-state index is 0.234. The molecule has 0 aromatic carbocycles. The molecule has 0 aliphatic carbocycles. The highest BCUT2D eigenvalue weighted by Crippen LogP contribution is 2.08. The van der Waals surface area contributed by atoms with Crippen LogP contribution in [0.5, 0.6) is 0 Å². The van der Waals surface area contributed by atoms with Gasteiger partial charge in [-0.25, -0.2) is 0 Å². The average Bonchev–Trinajstić information content (AvgIpc) is 2.46. The number of quaternary nitrogens is 1. The monoisotopic (exact) mass is 285 g/mol. The van der Waals surface area contributed by atoms with Gasteiger partial charge in [0.2, 0.25) is 5.91 Å². The molecule has 3 heteroatoms. The molecule has 120 valence electrons. The fourth-order valence-electron chi connectivity index (χ4n) is 2.34. The number of hydrogen-bond donors (Lipinski definition) is 1. The molecule has 0 atom stereocenters. The van der Waals surface area contributed by atoms with Crippen LogP contribution in [0.4, 0.5) is 0 Å². The Labute approximate surface area is 126 Å². The smallest absolute Gasteiger partial charge is 0.220 e. The van der Waals surface area contributed by atoms with Gasteiger partial charge < -0.3 is 9.80 Å². The van der Waals surface area contributed by atoms with Crippen LogP contribution < -0.4 is 5.32 Å². The minimum absolute atomic E-state index is 0.234. The first-order valence-corrected chi connectivity index (χ1v) is 8.68. The zero-order valence-corrected chi connectivity index (χ0v) is 14.3. The lowest BCUT2D eigenvalue weighted by Crippen LogP contribution is -2.48. The highest BCUT2D eigenvalue weighted by atomic mass is 16.1. The van der Waals surface area contributed by atoms with E-state index in [-0.39, 0.29) is 5.91 Å². The first kappa shape index (κ1) is 19.4. The van der Waals surface area contributed by atoms with Crippen LogP contribution in [0.15, 0.2) is 0 Å². The third kappa shape index (κ3) is 10.2. The molecule has 0 fully saturated rings. The predicted molar refractivity (Wildman–Crippen MR) is 87.8 cm³/mol. The fraction of sp³-hybridized carbons (Fsp3) is 0.941. The van der Waals surface area contributed by atoms with Gasteiger partial charge >= 0.3 is 0 Å². The summed E-state index contributed by atoms with van der Waals surface area (Å²) in [4.78, 5) is 11.7. The van der Waals surface area contributed by atoms with Crippen molar-refractivity contribution >= 4 is 5.91 Å². The molecule has 3 nitrogen and oxygen atoms in total. The molecule has 0 rings (SSSR count). The summed E-state index contributed by atoms with van der Waals surface area (Å²) in [7, 11) is 2.25. The van der Waals surface area contributed by atoms with E-state index in [2.05, 4.69) is 33.1 Å². The van der Waals surface area contributed by atoms with E-state index in [1.54, 1.807) is 0 Å². The lowest BCUT2D eigenvalue weighted by atomic mass is 10.1. The quantitative estimate of drug-likeness (QED) is 0.405. The Kier molecular flexibility index (Phi) is 11.8. The molecule has 0 spiro atoms. The second-order valence-corrected chi connectivity index (χ2v) is 6.20. The second-order valence-electron chi connectivity index (χ2n) is 6.20. The highest BCUT2D eigenvalue weighted by molar-refractivity contribution is 5.75. The van der Waals surface area contributed by atoms with Crippen LogP contribution in [0.3, 0.4) is 0 Å². The van der Waals surface area contributed by atoms with E-state index in [0.717, 1.165) is 37.1 Å². The third-order valence-electron chi connectivity index (χ3n) is 4.51. The molecule has 0 aromatic rings. The van der Waals surface area contributed by atoms with E-state index in [4.69, 9.17) is 0 Å². The lowest BCUT2D eigenvalue weighted by Gasteiger charge is -2.32. The molecule has 0 unspecified atom stereocenters. The van der Waals surface area contributed by atoms with E-state index in [9.17, 15) is 4.79 Å². The summed E-state index contributed by atoms with van der Waals surface area (Å²) in [5.41, 5.74) is 0. The summed E-state index contributed by atoms with van der Waals surface area (Å²) < 4.78 is 1.04. The molecule has 0 aromatic heterocycles. The zero-order chi connectivity index (χ0) is 15.3. The molecular weight excluding hydrogens is 248 g/mol. The van der Waals surface area contributed by atoms with Crippen molar-refractivity contribution in [2.24, 2.45) is 0 Å². The molecule has 0 saturated carbocycles. The van der Waals surface area contributed by atoms with E-state index >= 15 is 0 Å². The molecule has 20 heavy (non-hydrogen) atoms. The van der Waals surface area contributed by atoms with Gasteiger partial charge in [-0.05, 0) is 20.3 Å². The molecule has 1 amide bonds. The van der Waals surface area contributed by atoms with Crippen LogP contribution in [0.25, 0.3) is 0 Å². The minimum Gasteiger partial charge on any atom is -0.350 e. The van der Waals surface area contributed by atoms with Crippen LogP contribution in [-0.4, -0.2) is 43.6 Å². The number of rotatable bonds is 13. The highest BCUT2D eigenvalue weighted by Gasteiger charge is 2.15. The zero-order valence-electron chi connectivity index (χ0n) is 14.3. The van der Waals surface area contributed by atoms with Gasteiger partial charge in [0.1, 0.15) is 0 Å².